The second-order valence-electron chi connectivity index (χ2n) is 4.93. The first-order valence-corrected chi connectivity index (χ1v) is 6.73. The van der Waals surface area contributed by atoms with Crippen molar-refractivity contribution in [1.29, 1.82) is 0 Å². The number of amides is 2. The van der Waals surface area contributed by atoms with E-state index in [1.165, 1.54) is 4.90 Å². The zero-order valence-electron chi connectivity index (χ0n) is 11.8. The smallest absolute Gasteiger partial charge is 0.307 e. The molecule has 1 aliphatic heterocycles. The first-order chi connectivity index (χ1) is 8.92. The summed E-state index contributed by atoms with van der Waals surface area (Å²) in [7, 11) is 0. The maximum atomic E-state index is 12.2. The lowest BCUT2D eigenvalue weighted by Crippen LogP contribution is -2.44. The molecule has 1 N–H and O–H groups in total. The number of hydrogen-bond acceptors (Lipinski definition) is 4. The van der Waals surface area contributed by atoms with Gasteiger partial charge in [-0.15, -0.1) is 0 Å². The quantitative estimate of drug-likeness (QED) is 0.684. The zero-order chi connectivity index (χ0) is 14.6. The Morgan fingerprint density at radius 2 is 2.11 bits per heavy atom. The lowest BCUT2D eigenvalue weighted by molar-refractivity contribution is -0.144. The van der Waals surface area contributed by atoms with Crippen LogP contribution in [0.4, 0.5) is 0 Å². The van der Waals surface area contributed by atoms with Gasteiger partial charge >= 0.3 is 5.97 Å². The molecule has 0 saturated carbocycles. The first kappa shape index (κ1) is 15.6. The van der Waals surface area contributed by atoms with Gasteiger partial charge in [-0.1, -0.05) is 20.8 Å². The van der Waals surface area contributed by atoms with Gasteiger partial charge in [0.1, 0.15) is 0 Å². The highest BCUT2D eigenvalue weighted by Gasteiger charge is 2.41. The molecule has 0 bridgehead atoms. The molecule has 1 heterocycles. The van der Waals surface area contributed by atoms with Crippen LogP contribution in [0.15, 0.2) is 0 Å². The van der Waals surface area contributed by atoms with Gasteiger partial charge < -0.3 is 5.11 Å². The van der Waals surface area contributed by atoms with E-state index >= 15 is 0 Å². The fourth-order valence-corrected chi connectivity index (χ4v) is 2.32. The predicted octanol–water partition coefficient (Wildman–Crippen LogP) is 0.566. The number of rotatable bonds is 7. The minimum absolute atomic E-state index is 0.154. The van der Waals surface area contributed by atoms with Gasteiger partial charge in [-0.2, -0.15) is 0 Å². The summed E-state index contributed by atoms with van der Waals surface area (Å²) in [5, 5.41) is 8.93. The number of imide groups is 1. The molecular formula is C13H22N2O4. The molecule has 6 nitrogen and oxygen atoms in total. The summed E-state index contributed by atoms with van der Waals surface area (Å²) in [5.74, 6) is -1.78. The number of carboxylic acid groups (broad SMARTS) is 1. The predicted molar refractivity (Wildman–Crippen MR) is 69.5 cm³/mol. The summed E-state index contributed by atoms with van der Waals surface area (Å²) >= 11 is 0. The van der Waals surface area contributed by atoms with Crippen LogP contribution in [0.1, 0.15) is 33.6 Å². The second-order valence-corrected chi connectivity index (χ2v) is 4.93. The van der Waals surface area contributed by atoms with Crippen molar-refractivity contribution in [2.24, 2.45) is 5.92 Å². The van der Waals surface area contributed by atoms with Crippen molar-refractivity contribution >= 4 is 17.8 Å². The number of nitrogens with zero attached hydrogens (tertiary/aromatic N) is 2. The Balaban J connectivity index is 2.75. The van der Waals surface area contributed by atoms with Crippen molar-refractivity contribution < 1.29 is 19.5 Å². The molecule has 0 aromatic heterocycles. The van der Waals surface area contributed by atoms with Gasteiger partial charge in [-0.05, 0) is 13.0 Å². The number of aliphatic carboxylic acids is 1. The van der Waals surface area contributed by atoms with Crippen molar-refractivity contribution in [2.75, 3.05) is 19.6 Å². The molecule has 1 aliphatic rings. The minimum atomic E-state index is -0.888. The van der Waals surface area contributed by atoms with E-state index in [-0.39, 0.29) is 24.8 Å². The van der Waals surface area contributed by atoms with Gasteiger partial charge in [0.25, 0.3) is 0 Å². The Kier molecular flexibility index (Phi) is 5.47. The molecule has 2 atom stereocenters. The topological polar surface area (TPSA) is 77.9 Å². The van der Waals surface area contributed by atoms with Crippen LogP contribution >= 0.6 is 0 Å². The number of carbonyl (C=O) groups is 3. The van der Waals surface area contributed by atoms with E-state index in [9.17, 15) is 14.4 Å². The largest absolute Gasteiger partial charge is 0.481 e. The molecule has 0 spiro atoms. The lowest BCUT2D eigenvalue weighted by Gasteiger charge is -2.27. The van der Waals surface area contributed by atoms with Crippen LogP contribution in [0.3, 0.4) is 0 Å². The van der Waals surface area contributed by atoms with E-state index in [2.05, 4.69) is 0 Å². The van der Waals surface area contributed by atoms with Crippen LogP contribution in [-0.2, 0) is 14.4 Å². The average molecular weight is 270 g/mol. The zero-order valence-corrected chi connectivity index (χ0v) is 11.8. The Morgan fingerprint density at radius 3 is 2.58 bits per heavy atom. The number of likely N-dealkylation sites (N-methyl/N-ethyl adjacent to an activating group) is 1. The van der Waals surface area contributed by atoms with Crippen LogP contribution in [0.25, 0.3) is 0 Å². The summed E-state index contributed by atoms with van der Waals surface area (Å²) in [5.41, 5.74) is 0. The molecule has 1 fully saturated rings. The molecule has 0 aliphatic carbocycles. The Hall–Kier alpha value is -1.43. The van der Waals surface area contributed by atoms with Crippen LogP contribution in [0.2, 0.25) is 0 Å². The van der Waals surface area contributed by atoms with Crippen molar-refractivity contribution in [1.82, 2.24) is 9.80 Å². The SMILES string of the molecule is CCCN1C(=O)CC(N(CC)CC(C)C(=O)O)C1=O. The highest BCUT2D eigenvalue weighted by molar-refractivity contribution is 6.05. The normalized spacial score (nSPS) is 21.3. The van der Waals surface area contributed by atoms with E-state index in [1.54, 1.807) is 11.8 Å². The van der Waals surface area contributed by atoms with E-state index in [0.717, 1.165) is 6.42 Å². The lowest BCUT2D eigenvalue weighted by atomic mass is 10.1. The maximum absolute atomic E-state index is 12.2. The number of carbonyl (C=O) groups excluding carboxylic acids is 2. The molecule has 0 radical (unpaired) electrons. The van der Waals surface area contributed by atoms with Crippen LogP contribution in [-0.4, -0.2) is 58.4 Å². The minimum Gasteiger partial charge on any atom is -0.481 e. The highest BCUT2D eigenvalue weighted by atomic mass is 16.4. The molecule has 19 heavy (non-hydrogen) atoms. The van der Waals surface area contributed by atoms with E-state index in [1.807, 2.05) is 13.8 Å². The molecule has 1 saturated heterocycles. The molecule has 0 aromatic carbocycles. The second kappa shape index (κ2) is 6.65. The Labute approximate surface area is 113 Å². The average Bonchev–Trinajstić information content (AvgIpc) is 2.64. The highest BCUT2D eigenvalue weighted by Crippen LogP contribution is 2.20. The maximum Gasteiger partial charge on any atom is 0.307 e. The molecule has 1 rings (SSSR count). The van der Waals surface area contributed by atoms with Gasteiger partial charge in [-0.25, -0.2) is 0 Å². The fourth-order valence-electron chi connectivity index (χ4n) is 2.32. The molecule has 0 aromatic rings. The third-order valence-corrected chi connectivity index (χ3v) is 3.44. The summed E-state index contributed by atoms with van der Waals surface area (Å²) in [6, 6.07) is -0.495. The van der Waals surface area contributed by atoms with E-state index < -0.39 is 17.9 Å². The number of carboxylic acids is 1. The molecule has 6 heteroatoms. The molecule has 2 unspecified atom stereocenters. The van der Waals surface area contributed by atoms with Gasteiger partial charge in [0.2, 0.25) is 11.8 Å². The number of likely N-dealkylation sites (tertiary alicyclic amines) is 1. The summed E-state index contributed by atoms with van der Waals surface area (Å²) in [4.78, 5) is 37.9. The third kappa shape index (κ3) is 3.53. The van der Waals surface area contributed by atoms with Gasteiger partial charge in [0.15, 0.2) is 0 Å². The van der Waals surface area contributed by atoms with Crippen molar-refractivity contribution in [2.45, 2.75) is 39.7 Å². The van der Waals surface area contributed by atoms with Crippen LogP contribution in [0, 0.1) is 5.92 Å². The van der Waals surface area contributed by atoms with Crippen LogP contribution in [0.5, 0.6) is 0 Å². The Bertz CT molecular complexity index is 370. The van der Waals surface area contributed by atoms with Gasteiger partial charge in [0, 0.05) is 13.1 Å². The van der Waals surface area contributed by atoms with Crippen molar-refractivity contribution in [3.05, 3.63) is 0 Å². The summed E-state index contributed by atoms with van der Waals surface area (Å²) < 4.78 is 0. The Morgan fingerprint density at radius 1 is 1.47 bits per heavy atom. The monoisotopic (exact) mass is 270 g/mol. The third-order valence-electron chi connectivity index (χ3n) is 3.44. The van der Waals surface area contributed by atoms with E-state index in [4.69, 9.17) is 5.11 Å². The van der Waals surface area contributed by atoms with Gasteiger partial charge in [-0.3, -0.25) is 24.2 Å². The summed E-state index contributed by atoms with van der Waals surface area (Å²) in [6.45, 7) is 6.68. The fraction of sp³-hybridized carbons (Fsp3) is 0.769. The first-order valence-electron chi connectivity index (χ1n) is 6.73. The van der Waals surface area contributed by atoms with Crippen molar-refractivity contribution in [3.8, 4) is 0 Å². The standard InChI is InChI=1S/C13H22N2O4/c1-4-6-15-11(16)7-10(12(15)17)14(5-2)8-9(3)13(18)19/h9-10H,4-8H2,1-3H3,(H,18,19). The van der Waals surface area contributed by atoms with Crippen LogP contribution < -0.4 is 0 Å². The molecule has 108 valence electrons. The number of hydrogen-bond donors (Lipinski definition) is 1. The van der Waals surface area contributed by atoms with Gasteiger partial charge in [0.05, 0.1) is 18.4 Å². The van der Waals surface area contributed by atoms with E-state index in [0.29, 0.717) is 13.1 Å². The summed E-state index contributed by atoms with van der Waals surface area (Å²) in [6.07, 6.45) is 0.904. The molecule has 2 amide bonds. The molecular weight excluding hydrogens is 248 g/mol. The van der Waals surface area contributed by atoms with Crippen molar-refractivity contribution in [3.63, 3.8) is 0 Å².